The molecule has 4 rings (SSSR count). The molecule has 2 aromatic heterocycles. The minimum Gasteiger partial charge on any atom is -0.492 e. The molecule has 0 spiro atoms. The number of nitrogens with zero attached hydrogens (tertiary/aromatic N) is 5. The van der Waals surface area contributed by atoms with Gasteiger partial charge in [0.2, 0.25) is 0 Å². The summed E-state index contributed by atoms with van der Waals surface area (Å²) in [4.78, 5) is 25.6. The van der Waals surface area contributed by atoms with Gasteiger partial charge in [-0.1, -0.05) is 18.8 Å². The minimum atomic E-state index is -0.0774. The van der Waals surface area contributed by atoms with E-state index in [9.17, 15) is 10.1 Å². The monoisotopic (exact) mass is 484 g/mol. The molecule has 0 unspecified atom stereocenters. The summed E-state index contributed by atoms with van der Waals surface area (Å²) < 4.78 is 5.60. The molecule has 1 aliphatic carbocycles. The number of hydrogen-bond acceptors (Lipinski definition) is 7. The number of rotatable bonds is 6. The molecule has 8 heteroatoms. The van der Waals surface area contributed by atoms with Crippen LogP contribution in [0, 0.1) is 29.1 Å². The predicted molar refractivity (Wildman–Crippen MR) is 140 cm³/mol. The number of amides is 1. The molecule has 2 aliphatic rings. The lowest BCUT2D eigenvalue weighted by Gasteiger charge is -2.34. The van der Waals surface area contributed by atoms with Gasteiger partial charge in [-0.05, 0) is 49.8 Å². The number of carbonyl (C=O) groups excluding carboxylic acids is 1. The van der Waals surface area contributed by atoms with Crippen molar-refractivity contribution in [3.63, 3.8) is 0 Å². The first kappa shape index (κ1) is 25.1. The van der Waals surface area contributed by atoms with E-state index in [-0.39, 0.29) is 11.5 Å². The first-order chi connectivity index (χ1) is 17.6. The lowest BCUT2D eigenvalue weighted by Crippen LogP contribution is -2.48. The van der Waals surface area contributed by atoms with Crippen molar-refractivity contribution in [2.75, 3.05) is 37.7 Å². The fraction of sp³-hybridized carbons (Fsp3) is 0.429. The van der Waals surface area contributed by atoms with E-state index in [1.807, 2.05) is 30.0 Å². The maximum absolute atomic E-state index is 12.5. The molecule has 8 nitrogen and oxygen atoms in total. The molecule has 186 valence electrons. The Hall–Kier alpha value is -4.04. The third kappa shape index (κ3) is 5.95. The van der Waals surface area contributed by atoms with Crippen molar-refractivity contribution in [2.24, 2.45) is 11.7 Å². The molecule has 1 saturated heterocycles. The van der Waals surface area contributed by atoms with Gasteiger partial charge in [-0.3, -0.25) is 9.78 Å². The smallest absolute Gasteiger partial charge is 0.298 e. The van der Waals surface area contributed by atoms with E-state index in [2.05, 4.69) is 32.8 Å². The van der Waals surface area contributed by atoms with Crippen molar-refractivity contribution in [3.8, 4) is 34.8 Å². The number of anilines is 1. The van der Waals surface area contributed by atoms with E-state index < -0.39 is 0 Å². The largest absolute Gasteiger partial charge is 0.492 e. The summed E-state index contributed by atoms with van der Waals surface area (Å²) in [6.45, 7) is 5.05. The highest BCUT2D eigenvalue weighted by molar-refractivity contribution is 5.93. The van der Waals surface area contributed by atoms with E-state index in [1.165, 1.54) is 31.9 Å². The summed E-state index contributed by atoms with van der Waals surface area (Å²) >= 11 is 0. The Morgan fingerprint density at radius 1 is 1.19 bits per heavy atom. The summed E-state index contributed by atoms with van der Waals surface area (Å²) in [5.74, 6) is 8.00. The molecule has 0 aromatic carbocycles. The maximum Gasteiger partial charge on any atom is 0.298 e. The minimum absolute atomic E-state index is 0.0774. The number of pyridine rings is 2. The first-order valence-electron chi connectivity index (χ1n) is 12.6. The molecule has 0 bridgehead atoms. The second kappa shape index (κ2) is 12.1. The number of allylic oxidation sites excluding steroid dienone is 1. The zero-order chi connectivity index (χ0) is 25.3. The van der Waals surface area contributed by atoms with Crippen molar-refractivity contribution in [2.45, 2.75) is 39.0 Å². The zero-order valence-electron chi connectivity index (χ0n) is 20.7. The average molecular weight is 485 g/mol. The summed E-state index contributed by atoms with van der Waals surface area (Å²) in [7, 11) is 0. The number of nitrogens with two attached hydrogens (primary N) is 1. The highest BCUT2D eigenvalue weighted by Gasteiger charge is 2.22. The van der Waals surface area contributed by atoms with Gasteiger partial charge in [-0.15, -0.1) is 0 Å². The third-order valence-electron chi connectivity index (χ3n) is 6.73. The summed E-state index contributed by atoms with van der Waals surface area (Å²) in [5.41, 5.74) is 7.96. The lowest BCUT2D eigenvalue weighted by atomic mass is 10.0. The van der Waals surface area contributed by atoms with Crippen molar-refractivity contribution in [1.82, 2.24) is 14.9 Å². The van der Waals surface area contributed by atoms with E-state index in [4.69, 9.17) is 10.5 Å². The Bertz CT molecular complexity index is 1190. The second-order valence-electron chi connectivity index (χ2n) is 9.03. The van der Waals surface area contributed by atoms with Crippen LogP contribution in [0.25, 0.3) is 16.7 Å². The molecule has 2 fully saturated rings. The van der Waals surface area contributed by atoms with Gasteiger partial charge in [0.25, 0.3) is 5.91 Å². The van der Waals surface area contributed by atoms with E-state index >= 15 is 0 Å². The molecule has 1 aliphatic heterocycles. The lowest BCUT2D eigenvalue weighted by molar-refractivity contribution is -0.125. The predicted octanol–water partition coefficient (Wildman–Crippen LogP) is 3.60. The molecule has 0 atom stereocenters. The number of nitriles is 1. The van der Waals surface area contributed by atoms with Gasteiger partial charge in [0.05, 0.1) is 24.1 Å². The number of hydrogen-bond donors (Lipinski definition) is 1. The van der Waals surface area contributed by atoms with Gasteiger partial charge >= 0.3 is 0 Å². The van der Waals surface area contributed by atoms with E-state index in [0.717, 1.165) is 23.4 Å². The third-order valence-corrected chi connectivity index (χ3v) is 6.73. The van der Waals surface area contributed by atoms with Crippen molar-refractivity contribution >= 4 is 17.3 Å². The van der Waals surface area contributed by atoms with Crippen LogP contribution < -0.4 is 15.4 Å². The Kier molecular flexibility index (Phi) is 8.41. The van der Waals surface area contributed by atoms with Crippen LogP contribution in [0.1, 0.15) is 44.7 Å². The standard InChI is InChI=1S/C28H32N6O2/c1-2-36-24-16-25(28(32-20-24)23(17-29)18-30)22-10-11-26(31-19-22)33-12-14-34(15-13-33)27(35)9-5-8-21-6-3-4-7-21/h10-11,16-17,19-21H,2-4,6-8,12-15,29H2,1H3/b23-17-. The van der Waals surface area contributed by atoms with Gasteiger partial charge in [-0.2, -0.15) is 5.26 Å². The van der Waals surface area contributed by atoms with Crippen LogP contribution in [0.15, 0.2) is 36.8 Å². The molecule has 1 saturated carbocycles. The average Bonchev–Trinajstić information content (AvgIpc) is 3.44. The van der Waals surface area contributed by atoms with Gasteiger partial charge in [-0.25, -0.2) is 4.98 Å². The van der Waals surface area contributed by atoms with Crippen LogP contribution in [0.5, 0.6) is 5.75 Å². The fourth-order valence-corrected chi connectivity index (χ4v) is 4.73. The highest BCUT2D eigenvalue weighted by Crippen LogP contribution is 2.31. The molecule has 0 radical (unpaired) electrons. The molecule has 2 N–H and O–H groups in total. The van der Waals surface area contributed by atoms with Crippen LogP contribution in [-0.4, -0.2) is 53.6 Å². The van der Waals surface area contributed by atoms with Crippen LogP contribution in [0.4, 0.5) is 5.82 Å². The quantitative estimate of drug-likeness (QED) is 0.493. The van der Waals surface area contributed by atoms with Crippen molar-refractivity contribution in [3.05, 3.63) is 42.5 Å². The topological polar surface area (TPSA) is 108 Å². The Morgan fingerprint density at radius 2 is 1.97 bits per heavy atom. The molecular formula is C28H32N6O2. The SMILES string of the molecule is CCOc1cnc(/C(C#N)=C\N)c(-c2ccc(N3CCN(C(=O)C#CCC4CCCC4)CC3)nc2)c1. The molecular weight excluding hydrogens is 452 g/mol. The van der Waals surface area contributed by atoms with Gasteiger partial charge in [0.15, 0.2) is 0 Å². The van der Waals surface area contributed by atoms with Crippen LogP contribution >= 0.6 is 0 Å². The molecule has 2 aromatic rings. The maximum atomic E-state index is 12.5. The van der Waals surface area contributed by atoms with Gasteiger partial charge in [0.1, 0.15) is 17.6 Å². The molecule has 3 heterocycles. The number of carbonyl (C=O) groups is 1. The van der Waals surface area contributed by atoms with Gasteiger partial charge < -0.3 is 20.3 Å². The second-order valence-corrected chi connectivity index (χ2v) is 9.03. The first-order valence-corrected chi connectivity index (χ1v) is 12.6. The number of aromatic nitrogens is 2. The molecule has 1 amide bonds. The van der Waals surface area contributed by atoms with Crippen LogP contribution in [0.3, 0.4) is 0 Å². The van der Waals surface area contributed by atoms with Crippen molar-refractivity contribution < 1.29 is 9.53 Å². The fourth-order valence-electron chi connectivity index (χ4n) is 4.73. The number of piperazine rings is 1. The van der Waals surface area contributed by atoms with Crippen LogP contribution in [0.2, 0.25) is 0 Å². The summed E-state index contributed by atoms with van der Waals surface area (Å²) in [5, 5.41) is 9.47. The number of ether oxygens (including phenoxy) is 1. The van der Waals surface area contributed by atoms with Crippen molar-refractivity contribution in [1.29, 1.82) is 5.26 Å². The highest BCUT2D eigenvalue weighted by atomic mass is 16.5. The summed E-state index contributed by atoms with van der Waals surface area (Å²) in [6.07, 6.45) is 10.5. The van der Waals surface area contributed by atoms with E-state index in [0.29, 0.717) is 50.1 Å². The van der Waals surface area contributed by atoms with E-state index in [1.54, 1.807) is 12.4 Å². The summed E-state index contributed by atoms with van der Waals surface area (Å²) in [6, 6.07) is 7.85. The van der Waals surface area contributed by atoms with Crippen LogP contribution in [-0.2, 0) is 4.79 Å². The van der Waals surface area contributed by atoms with Gasteiger partial charge in [0, 0.05) is 56.1 Å². The molecule has 36 heavy (non-hydrogen) atoms. The Labute approximate surface area is 212 Å². The Balaban J connectivity index is 1.41. The normalized spacial score (nSPS) is 16.3. The zero-order valence-corrected chi connectivity index (χ0v) is 20.7. The Morgan fingerprint density at radius 3 is 2.61 bits per heavy atom.